The van der Waals surface area contributed by atoms with Gasteiger partial charge in [0.1, 0.15) is 18.0 Å². The third-order valence-corrected chi connectivity index (χ3v) is 4.96. The Morgan fingerprint density at radius 2 is 2.07 bits per heavy atom. The van der Waals surface area contributed by atoms with Crippen LogP contribution in [0, 0.1) is 11.7 Å². The Bertz CT molecular complexity index is 1030. The van der Waals surface area contributed by atoms with Crippen LogP contribution in [0.15, 0.2) is 36.7 Å². The standard InChI is InChI=1S/C21H21ClFN3O3/c1-2-20(27)29-19-9-17-14(8-18(19)28-10-12-3-4-12)21(25-11-24-17)26-13-5-6-16(23)15(22)7-13/h5-9,11-12,20,27H,2-4,10H2,1H3,(H,24,25,26). The van der Waals surface area contributed by atoms with E-state index in [1.807, 2.05) is 6.92 Å². The summed E-state index contributed by atoms with van der Waals surface area (Å²) in [6.45, 7) is 2.42. The van der Waals surface area contributed by atoms with Crippen molar-refractivity contribution in [2.45, 2.75) is 32.5 Å². The van der Waals surface area contributed by atoms with Gasteiger partial charge in [-0.3, -0.25) is 0 Å². The van der Waals surface area contributed by atoms with E-state index in [2.05, 4.69) is 15.3 Å². The molecule has 1 unspecified atom stereocenters. The molecule has 6 nitrogen and oxygen atoms in total. The Hall–Kier alpha value is -2.64. The molecule has 1 heterocycles. The summed E-state index contributed by atoms with van der Waals surface area (Å²) in [6, 6.07) is 7.87. The first-order valence-corrected chi connectivity index (χ1v) is 9.89. The summed E-state index contributed by atoms with van der Waals surface area (Å²) in [7, 11) is 0. The fraction of sp³-hybridized carbons (Fsp3) is 0.333. The zero-order valence-corrected chi connectivity index (χ0v) is 16.6. The van der Waals surface area contributed by atoms with Crippen LogP contribution in [0.25, 0.3) is 10.9 Å². The summed E-state index contributed by atoms with van der Waals surface area (Å²) in [5.41, 5.74) is 1.21. The third-order valence-electron chi connectivity index (χ3n) is 4.67. The summed E-state index contributed by atoms with van der Waals surface area (Å²) >= 11 is 5.88. The molecule has 0 saturated heterocycles. The first-order chi connectivity index (χ1) is 14.0. The summed E-state index contributed by atoms with van der Waals surface area (Å²) in [6.07, 6.45) is 3.24. The van der Waals surface area contributed by atoms with Gasteiger partial charge in [0.2, 0.25) is 0 Å². The van der Waals surface area contributed by atoms with Crippen molar-refractivity contribution in [2.75, 3.05) is 11.9 Å². The van der Waals surface area contributed by atoms with Crippen molar-refractivity contribution in [3.05, 3.63) is 47.5 Å². The number of nitrogens with one attached hydrogen (secondary N) is 1. The molecule has 0 aliphatic heterocycles. The molecule has 4 rings (SSSR count). The first kappa shape index (κ1) is 19.7. The van der Waals surface area contributed by atoms with E-state index in [0.717, 1.165) is 12.8 Å². The second kappa shape index (κ2) is 8.39. The maximum absolute atomic E-state index is 13.4. The third kappa shape index (κ3) is 4.68. The molecule has 2 aromatic carbocycles. The Morgan fingerprint density at radius 1 is 1.24 bits per heavy atom. The molecule has 0 radical (unpaired) electrons. The highest BCUT2D eigenvalue weighted by Crippen LogP contribution is 2.37. The number of benzene rings is 2. The van der Waals surface area contributed by atoms with E-state index in [-0.39, 0.29) is 5.02 Å². The summed E-state index contributed by atoms with van der Waals surface area (Å²) < 4.78 is 25.0. The van der Waals surface area contributed by atoms with Gasteiger partial charge in [0.05, 0.1) is 17.1 Å². The number of hydrogen-bond acceptors (Lipinski definition) is 6. The second-order valence-corrected chi connectivity index (χ2v) is 7.43. The van der Waals surface area contributed by atoms with Crippen molar-refractivity contribution in [1.82, 2.24) is 9.97 Å². The quantitative estimate of drug-likeness (QED) is 0.499. The number of aliphatic hydroxyl groups is 1. The Labute approximate surface area is 172 Å². The lowest BCUT2D eigenvalue weighted by Crippen LogP contribution is -2.14. The Balaban J connectivity index is 1.70. The van der Waals surface area contributed by atoms with Crippen molar-refractivity contribution < 1.29 is 19.0 Å². The van der Waals surface area contributed by atoms with Gasteiger partial charge < -0.3 is 19.9 Å². The van der Waals surface area contributed by atoms with Crippen LogP contribution in [-0.2, 0) is 0 Å². The lowest BCUT2D eigenvalue weighted by molar-refractivity contribution is -0.0209. The minimum atomic E-state index is -0.934. The molecule has 3 aromatic rings. The van der Waals surface area contributed by atoms with Gasteiger partial charge in [0.15, 0.2) is 17.8 Å². The summed E-state index contributed by atoms with van der Waals surface area (Å²) in [5, 5.41) is 13.8. The minimum Gasteiger partial charge on any atom is -0.489 e. The van der Waals surface area contributed by atoms with Crippen molar-refractivity contribution in [1.29, 1.82) is 0 Å². The zero-order valence-electron chi connectivity index (χ0n) is 15.9. The van der Waals surface area contributed by atoms with E-state index in [0.29, 0.717) is 52.9 Å². The average molecular weight is 418 g/mol. The fourth-order valence-electron chi connectivity index (χ4n) is 2.80. The predicted octanol–water partition coefficient (Wildman–Crippen LogP) is 5.06. The van der Waals surface area contributed by atoms with Gasteiger partial charge in [-0.25, -0.2) is 14.4 Å². The number of hydrogen-bond donors (Lipinski definition) is 2. The van der Waals surface area contributed by atoms with Gasteiger partial charge in [-0.15, -0.1) is 0 Å². The van der Waals surface area contributed by atoms with E-state index in [1.165, 1.54) is 18.5 Å². The topological polar surface area (TPSA) is 76.5 Å². The van der Waals surface area contributed by atoms with E-state index in [9.17, 15) is 9.50 Å². The predicted molar refractivity (Wildman–Crippen MR) is 109 cm³/mol. The first-order valence-electron chi connectivity index (χ1n) is 9.52. The molecule has 0 amide bonds. The van der Waals surface area contributed by atoms with E-state index < -0.39 is 12.1 Å². The van der Waals surface area contributed by atoms with Gasteiger partial charge in [-0.2, -0.15) is 0 Å². The number of aliphatic hydroxyl groups excluding tert-OH is 1. The summed E-state index contributed by atoms with van der Waals surface area (Å²) in [5.74, 6) is 1.54. The van der Waals surface area contributed by atoms with Crippen LogP contribution < -0.4 is 14.8 Å². The highest BCUT2D eigenvalue weighted by Gasteiger charge is 2.23. The average Bonchev–Trinajstić information content (AvgIpc) is 3.54. The van der Waals surface area contributed by atoms with Crippen LogP contribution in [0.4, 0.5) is 15.9 Å². The van der Waals surface area contributed by atoms with E-state index in [4.69, 9.17) is 21.1 Å². The van der Waals surface area contributed by atoms with Gasteiger partial charge in [0.25, 0.3) is 0 Å². The zero-order chi connectivity index (χ0) is 20.4. The van der Waals surface area contributed by atoms with Crippen molar-refractivity contribution in [3.8, 4) is 11.5 Å². The van der Waals surface area contributed by atoms with E-state index >= 15 is 0 Å². The van der Waals surface area contributed by atoms with Crippen molar-refractivity contribution >= 4 is 34.0 Å². The summed E-state index contributed by atoms with van der Waals surface area (Å²) in [4.78, 5) is 8.61. The maximum atomic E-state index is 13.4. The Morgan fingerprint density at radius 3 is 2.79 bits per heavy atom. The molecule has 1 aliphatic carbocycles. The SMILES string of the molecule is CCC(O)Oc1cc2ncnc(Nc3ccc(F)c(Cl)c3)c2cc1OCC1CC1. The molecule has 29 heavy (non-hydrogen) atoms. The van der Waals surface area contributed by atoms with Gasteiger partial charge >= 0.3 is 0 Å². The number of nitrogens with zero attached hydrogens (tertiary/aromatic N) is 2. The molecule has 1 aliphatic rings. The number of aromatic nitrogens is 2. The van der Waals surface area contributed by atoms with Crippen LogP contribution in [0.3, 0.4) is 0 Å². The lowest BCUT2D eigenvalue weighted by Gasteiger charge is -2.17. The highest BCUT2D eigenvalue weighted by atomic mass is 35.5. The van der Waals surface area contributed by atoms with Gasteiger partial charge in [-0.05, 0) is 43.0 Å². The fourth-order valence-corrected chi connectivity index (χ4v) is 2.98. The molecular formula is C21H21ClFN3O3. The van der Waals surface area contributed by atoms with Crippen molar-refractivity contribution in [3.63, 3.8) is 0 Å². The van der Waals surface area contributed by atoms with Crippen LogP contribution in [0.2, 0.25) is 5.02 Å². The van der Waals surface area contributed by atoms with E-state index in [1.54, 1.807) is 18.2 Å². The second-order valence-electron chi connectivity index (χ2n) is 7.03. The van der Waals surface area contributed by atoms with Crippen LogP contribution in [-0.4, -0.2) is 28.0 Å². The van der Waals surface area contributed by atoms with Gasteiger partial charge in [-0.1, -0.05) is 18.5 Å². The molecule has 1 fully saturated rings. The van der Waals surface area contributed by atoms with Crippen LogP contribution in [0.5, 0.6) is 11.5 Å². The number of anilines is 2. The van der Waals surface area contributed by atoms with Crippen LogP contribution >= 0.6 is 11.6 Å². The Kier molecular flexibility index (Phi) is 5.69. The largest absolute Gasteiger partial charge is 0.489 e. The minimum absolute atomic E-state index is 0.0195. The molecule has 0 bridgehead atoms. The molecule has 152 valence electrons. The molecule has 1 aromatic heterocycles. The highest BCUT2D eigenvalue weighted by molar-refractivity contribution is 6.31. The smallest absolute Gasteiger partial charge is 0.197 e. The molecule has 8 heteroatoms. The molecule has 0 spiro atoms. The van der Waals surface area contributed by atoms with Crippen molar-refractivity contribution in [2.24, 2.45) is 5.92 Å². The monoisotopic (exact) mass is 417 g/mol. The van der Waals surface area contributed by atoms with Crippen LogP contribution in [0.1, 0.15) is 26.2 Å². The molecule has 1 atom stereocenters. The number of halogens is 2. The maximum Gasteiger partial charge on any atom is 0.197 e. The van der Waals surface area contributed by atoms with Gasteiger partial charge in [0, 0.05) is 23.6 Å². The number of ether oxygens (including phenoxy) is 2. The number of fused-ring (bicyclic) bond motifs is 1. The lowest BCUT2D eigenvalue weighted by atomic mass is 10.2. The normalized spacial score (nSPS) is 14.6. The number of rotatable bonds is 8. The molecular weight excluding hydrogens is 397 g/mol. The molecule has 1 saturated carbocycles. The molecule has 2 N–H and O–H groups in total.